The number of ether oxygens (including phenoxy) is 1. The molecule has 1 aromatic carbocycles. The summed E-state index contributed by atoms with van der Waals surface area (Å²) in [4.78, 5) is 20.7. The lowest BCUT2D eigenvalue weighted by molar-refractivity contribution is 0.416. The van der Waals surface area contributed by atoms with Crippen LogP contribution in [-0.4, -0.2) is 37.5 Å². The lowest BCUT2D eigenvalue weighted by Crippen LogP contribution is -2.11. The molecule has 8 heteroatoms. The number of methoxy groups -OCH3 is 1. The van der Waals surface area contributed by atoms with Crippen LogP contribution >= 0.6 is 0 Å². The highest BCUT2D eigenvalue weighted by Gasteiger charge is 2.20. The van der Waals surface area contributed by atoms with E-state index in [-0.39, 0.29) is 12.1 Å². The van der Waals surface area contributed by atoms with Crippen molar-refractivity contribution in [2.75, 3.05) is 7.11 Å². The molecule has 2 atom stereocenters. The predicted molar refractivity (Wildman–Crippen MR) is 137 cm³/mol. The third kappa shape index (κ3) is 5.16. The summed E-state index contributed by atoms with van der Waals surface area (Å²) in [5.74, 6) is 0.709. The van der Waals surface area contributed by atoms with Gasteiger partial charge in [-0.3, -0.25) is 0 Å². The van der Waals surface area contributed by atoms with Gasteiger partial charge in [-0.1, -0.05) is 25.4 Å². The van der Waals surface area contributed by atoms with E-state index < -0.39 is 0 Å². The monoisotopic (exact) mass is 462 g/mol. The molecule has 34 heavy (non-hydrogen) atoms. The number of aromatic nitrogens is 5. The first-order valence-electron chi connectivity index (χ1n) is 11.7. The maximum Gasteiger partial charge on any atom is 0.159 e. The molecule has 0 bridgehead atoms. The van der Waals surface area contributed by atoms with E-state index in [0.717, 1.165) is 39.4 Å². The summed E-state index contributed by atoms with van der Waals surface area (Å²) >= 11 is 0. The molecule has 4 rings (SSSR count). The SMILES string of the molecule is CCC.COc1cc(-n2cccn2)ccc1-c1nc2c(C)cn(C(C)CC(C)N=O)c2nc1C. The fourth-order valence-electron chi connectivity index (χ4n) is 3.96. The highest BCUT2D eigenvalue weighted by molar-refractivity contribution is 5.81. The number of aryl methyl sites for hydroxylation is 2. The van der Waals surface area contributed by atoms with E-state index in [4.69, 9.17) is 14.7 Å². The first kappa shape index (κ1) is 25.1. The molecule has 180 valence electrons. The first-order chi connectivity index (χ1) is 16.3. The second-order valence-electron chi connectivity index (χ2n) is 8.63. The molecule has 4 aromatic rings. The second-order valence-corrected chi connectivity index (χ2v) is 8.63. The van der Waals surface area contributed by atoms with Crippen LogP contribution in [0.4, 0.5) is 0 Å². The molecule has 3 aromatic heterocycles. The lowest BCUT2D eigenvalue weighted by atomic mass is 10.1. The molecule has 3 heterocycles. The Balaban J connectivity index is 0.00000103. The van der Waals surface area contributed by atoms with Crippen molar-refractivity contribution in [2.24, 2.45) is 5.18 Å². The van der Waals surface area contributed by atoms with E-state index in [1.807, 2.05) is 57.4 Å². The minimum absolute atomic E-state index is 0.0892. The van der Waals surface area contributed by atoms with Crippen LogP contribution in [0.2, 0.25) is 0 Å². The molecular formula is C26H34N6O2. The van der Waals surface area contributed by atoms with Crippen molar-refractivity contribution in [1.82, 2.24) is 24.3 Å². The smallest absolute Gasteiger partial charge is 0.159 e. The fraction of sp³-hybridized carbons (Fsp3) is 0.423. The summed E-state index contributed by atoms with van der Waals surface area (Å²) in [6, 6.07) is 7.64. The van der Waals surface area contributed by atoms with Crippen LogP contribution in [0, 0.1) is 18.8 Å². The summed E-state index contributed by atoms with van der Waals surface area (Å²) in [5.41, 5.74) is 6.08. The van der Waals surface area contributed by atoms with Crippen LogP contribution in [0.5, 0.6) is 5.75 Å². The topological polar surface area (TPSA) is 87.2 Å². The second kappa shape index (κ2) is 11.0. The molecule has 0 spiro atoms. The summed E-state index contributed by atoms with van der Waals surface area (Å²) in [6.45, 7) is 12.1. The van der Waals surface area contributed by atoms with Gasteiger partial charge in [0.2, 0.25) is 0 Å². The van der Waals surface area contributed by atoms with Gasteiger partial charge in [0.25, 0.3) is 0 Å². The molecule has 2 unspecified atom stereocenters. The summed E-state index contributed by atoms with van der Waals surface area (Å²) < 4.78 is 9.56. The van der Waals surface area contributed by atoms with Gasteiger partial charge in [-0.15, -0.1) is 0 Å². The van der Waals surface area contributed by atoms with Crippen molar-refractivity contribution >= 4 is 11.2 Å². The van der Waals surface area contributed by atoms with E-state index in [2.05, 4.69) is 35.6 Å². The minimum Gasteiger partial charge on any atom is -0.496 e. The van der Waals surface area contributed by atoms with Gasteiger partial charge in [0.1, 0.15) is 11.3 Å². The van der Waals surface area contributed by atoms with Crippen molar-refractivity contribution in [3.8, 4) is 22.7 Å². The van der Waals surface area contributed by atoms with Gasteiger partial charge in [0.05, 0.1) is 30.2 Å². The van der Waals surface area contributed by atoms with E-state index in [9.17, 15) is 4.91 Å². The molecular weight excluding hydrogens is 428 g/mol. The molecule has 0 N–H and O–H groups in total. The van der Waals surface area contributed by atoms with E-state index in [1.54, 1.807) is 18.0 Å². The average Bonchev–Trinajstić information content (AvgIpc) is 3.47. The zero-order valence-electron chi connectivity index (χ0n) is 21.1. The molecule has 0 aliphatic carbocycles. The third-order valence-corrected chi connectivity index (χ3v) is 5.55. The molecule has 0 radical (unpaired) electrons. The molecule has 0 aliphatic heterocycles. The molecule has 0 aliphatic rings. The Morgan fingerprint density at radius 1 is 1.15 bits per heavy atom. The van der Waals surface area contributed by atoms with Gasteiger partial charge < -0.3 is 9.30 Å². The molecule has 0 saturated carbocycles. The standard InChI is InChI=1S/C23H26N6O2.C3H8/c1-14-13-28(16(3)11-15(2)27-30)23-21(14)26-22(17(4)25-23)19-8-7-18(12-20(19)31-5)29-10-6-9-24-29;1-3-2/h6-10,12-13,15-16H,11H2,1-5H3;3H2,1-2H3. The van der Waals surface area contributed by atoms with Crippen molar-refractivity contribution in [1.29, 1.82) is 0 Å². The Hall–Kier alpha value is -3.55. The number of benzene rings is 1. The van der Waals surface area contributed by atoms with Crippen LogP contribution < -0.4 is 4.74 Å². The molecule has 0 amide bonds. The largest absolute Gasteiger partial charge is 0.496 e. The van der Waals surface area contributed by atoms with Gasteiger partial charge in [-0.25, -0.2) is 14.6 Å². The van der Waals surface area contributed by atoms with Crippen molar-refractivity contribution in [3.63, 3.8) is 0 Å². The Labute approximate surface area is 201 Å². The summed E-state index contributed by atoms with van der Waals surface area (Å²) in [5, 5.41) is 7.42. The van der Waals surface area contributed by atoms with Crippen molar-refractivity contribution in [2.45, 2.75) is 66.5 Å². The molecule has 8 nitrogen and oxygen atoms in total. The fourth-order valence-corrected chi connectivity index (χ4v) is 3.96. The Morgan fingerprint density at radius 2 is 1.88 bits per heavy atom. The number of nitrogens with zero attached hydrogens (tertiary/aromatic N) is 6. The third-order valence-electron chi connectivity index (χ3n) is 5.55. The molecule has 0 fully saturated rings. The van der Waals surface area contributed by atoms with Crippen LogP contribution in [0.25, 0.3) is 28.1 Å². The zero-order valence-corrected chi connectivity index (χ0v) is 21.1. The van der Waals surface area contributed by atoms with Gasteiger partial charge in [0, 0.05) is 36.3 Å². The number of hydrogen-bond donors (Lipinski definition) is 0. The summed E-state index contributed by atoms with van der Waals surface area (Å²) in [7, 11) is 1.65. The van der Waals surface area contributed by atoms with Gasteiger partial charge in [-0.2, -0.15) is 10.0 Å². The number of nitroso groups, excluding NO2 is 1. The molecule has 0 saturated heterocycles. The van der Waals surface area contributed by atoms with Crippen molar-refractivity contribution < 1.29 is 4.74 Å². The zero-order chi connectivity index (χ0) is 24.8. The van der Waals surface area contributed by atoms with Gasteiger partial charge in [-0.05, 0) is 57.9 Å². The predicted octanol–water partition coefficient (Wildman–Crippen LogP) is 6.43. The van der Waals surface area contributed by atoms with Crippen LogP contribution in [0.1, 0.15) is 57.8 Å². The van der Waals surface area contributed by atoms with Crippen LogP contribution in [-0.2, 0) is 0 Å². The maximum atomic E-state index is 10.9. The highest BCUT2D eigenvalue weighted by atomic mass is 16.5. The average molecular weight is 463 g/mol. The van der Waals surface area contributed by atoms with Crippen molar-refractivity contribution in [3.05, 3.63) is 59.0 Å². The normalized spacial score (nSPS) is 12.7. The maximum absolute atomic E-state index is 10.9. The van der Waals surface area contributed by atoms with Gasteiger partial charge >= 0.3 is 0 Å². The number of hydrogen-bond acceptors (Lipinski definition) is 6. The highest BCUT2D eigenvalue weighted by Crippen LogP contribution is 2.34. The number of rotatable bonds is 7. The van der Waals surface area contributed by atoms with E-state index in [0.29, 0.717) is 12.2 Å². The lowest BCUT2D eigenvalue weighted by Gasteiger charge is -2.16. The number of fused-ring (bicyclic) bond motifs is 1. The van der Waals surface area contributed by atoms with Crippen LogP contribution in [0.3, 0.4) is 0 Å². The van der Waals surface area contributed by atoms with Crippen LogP contribution in [0.15, 0.2) is 48.0 Å². The van der Waals surface area contributed by atoms with E-state index in [1.165, 1.54) is 6.42 Å². The Morgan fingerprint density at radius 3 is 2.50 bits per heavy atom. The quantitative estimate of drug-likeness (QED) is 0.295. The first-order valence-corrected chi connectivity index (χ1v) is 11.7. The van der Waals surface area contributed by atoms with E-state index >= 15 is 0 Å². The summed E-state index contributed by atoms with van der Waals surface area (Å²) in [6.07, 6.45) is 7.58. The Kier molecular flexibility index (Phi) is 8.15. The Bertz CT molecular complexity index is 1250. The van der Waals surface area contributed by atoms with Gasteiger partial charge in [0.15, 0.2) is 5.65 Å². The minimum atomic E-state index is -0.251.